The van der Waals surface area contributed by atoms with E-state index in [0.29, 0.717) is 0 Å². The molecular formula is C8H12O5. The van der Waals surface area contributed by atoms with Gasteiger partial charge in [0.05, 0.1) is 12.5 Å². The quantitative estimate of drug-likeness (QED) is 0.488. The lowest BCUT2D eigenvalue weighted by atomic mass is 10.3. The fraction of sp³-hybridized carbons (Fsp3) is 0.625. The van der Waals surface area contributed by atoms with Crippen molar-refractivity contribution in [2.24, 2.45) is 0 Å². The molecule has 5 nitrogen and oxygen atoms in total. The van der Waals surface area contributed by atoms with E-state index >= 15 is 0 Å². The van der Waals surface area contributed by atoms with Crippen LogP contribution in [0.1, 0.15) is 26.7 Å². The molecule has 0 amide bonds. The van der Waals surface area contributed by atoms with Gasteiger partial charge in [-0.2, -0.15) is 0 Å². The molecule has 0 radical (unpaired) electrons. The maximum atomic E-state index is 10.7. The number of hydrogen-bond acceptors (Lipinski definition) is 5. The molecule has 0 bridgehead atoms. The molecule has 0 aliphatic rings. The molecular weight excluding hydrogens is 176 g/mol. The predicted octanol–water partition coefficient (Wildman–Crippen LogP) is -0.194. The standard InChI is InChI=1S/C8H12O5/c1-5(9)3-7(11)13-8(12)4-6(2)10/h5,9H,3-4H2,1-2H3. The predicted molar refractivity (Wildman–Crippen MR) is 42.7 cm³/mol. The Kier molecular flexibility index (Phi) is 4.91. The summed E-state index contributed by atoms with van der Waals surface area (Å²) >= 11 is 0. The fourth-order valence-corrected chi connectivity index (χ4v) is 0.649. The molecule has 0 aromatic heterocycles. The third-order valence-corrected chi connectivity index (χ3v) is 1.08. The van der Waals surface area contributed by atoms with Crippen LogP contribution in [0, 0.1) is 0 Å². The van der Waals surface area contributed by atoms with Crippen molar-refractivity contribution < 1.29 is 24.2 Å². The number of carbonyl (C=O) groups is 3. The van der Waals surface area contributed by atoms with Crippen LogP contribution in [-0.2, 0) is 19.1 Å². The van der Waals surface area contributed by atoms with Crippen molar-refractivity contribution in [1.82, 2.24) is 0 Å². The second-order valence-electron chi connectivity index (χ2n) is 2.78. The third kappa shape index (κ3) is 7.14. The molecule has 0 spiro atoms. The highest BCUT2D eigenvalue weighted by molar-refractivity contribution is 5.98. The van der Waals surface area contributed by atoms with Gasteiger partial charge in [0.25, 0.3) is 0 Å². The average molecular weight is 188 g/mol. The van der Waals surface area contributed by atoms with Crippen LogP contribution in [0.25, 0.3) is 0 Å². The highest BCUT2D eigenvalue weighted by Gasteiger charge is 2.13. The number of ketones is 1. The van der Waals surface area contributed by atoms with Gasteiger partial charge in [0.15, 0.2) is 0 Å². The SMILES string of the molecule is CC(=O)CC(=O)OC(=O)CC(C)O. The second kappa shape index (κ2) is 5.42. The molecule has 0 fully saturated rings. The highest BCUT2D eigenvalue weighted by atomic mass is 16.6. The first kappa shape index (κ1) is 11.8. The van der Waals surface area contributed by atoms with E-state index < -0.39 is 24.5 Å². The molecule has 1 unspecified atom stereocenters. The van der Waals surface area contributed by atoms with E-state index in [4.69, 9.17) is 5.11 Å². The minimum Gasteiger partial charge on any atom is -0.393 e. The van der Waals surface area contributed by atoms with Crippen molar-refractivity contribution in [2.75, 3.05) is 0 Å². The number of aliphatic hydroxyl groups excluding tert-OH is 1. The van der Waals surface area contributed by atoms with Crippen LogP contribution in [-0.4, -0.2) is 28.9 Å². The van der Waals surface area contributed by atoms with Gasteiger partial charge in [-0.3, -0.25) is 14.4 Å². The smallest absolute Gasteiger partial charge is 0.320 e. The minimum atomic E-state index is -0.877. The molecule has 0 aliphatic heterocycles. The minimum absolute atomic E-state index is 0.246. The molecule has 13 heavy (non-hydrogen) atoms. The van der Waals surface area contributed by atoms with Gasteiger partial charge >= 0.3 is 11.9 Å². The summed E-state index contributed by atoms with van der Waals surface area (Å²) in [5.41, 5.74) is 0. The Morgan fingerprint density at radius 1 is 1.31 bits per heavy atom. The van der Waals surface area contributed by atoms with Gasteiger partial charge in [0.2, 0.25) is 0 Å². The van der Waals surface area contributed by atoms with Crippen molar-refractivity contribution in [1.29, 1.82) is 0 Å². The number of esters is 2. The van der Waals surface area contributed by atoms with Gasteiger partial charge in [0.1, 0.15) is 12.2 Å². The maximum Gasteiger partial charge on any atom is 0.320 e. The van der Waals surface area contributed by atoms with Crippen LogP contribution in [0.4, 0.5) is 0 Å². The van der Waals surface area contributed by atoms with E-state index in [-0.39, 0.29) is 12.2 Å². The molecule has 0 saturated carbocycles. The number of carbonyl (C=O) groups excluding carboxylic acids is 3. The topological polar surface area (TPSA) is 80.7 Å². The normalized spacial score (nSPS) is 11.9. The Labute approximate surface area is 75.7 Å². The molecule has 0 aromatic carbocycles. The average Bonchev–Trinajstić information content (AvgIpc) is 1.80. The maximum absolute atomic E-state index is 10.7. The molecule has 74 valence electrons. The monoisotopic (exact) mass is 188 g/mol. The van der Waals surface area contributed by atoms with Gasteiger partial charge in [-0.15, -0.1) is 0 Å². The van der Waals surface area contributed by atoms with Crippen molar-refractivity contribution in [3.8, 4) is 0 Å². The van der Waals surface area contributed by atoms with E-state index in [1.54, 1.807) is 0 Å². The summed E-state index contributed by atoms with van der Waals surface area (Å²) in [5.74, 6) is -2.06. The van der Waals surface area contributed by atoms with E-state index in [0.717, 1.165) is 0 Å². The lowest BCUT2D eigenvalue weighted by Gasteiger charge is -2.02. The van der Waals surface area contributed by atoms with Gasteiger partial charge in [0, 0.05) is 0 Å². The van der Waals surface area contributed by atoms with Crippen molar-refractivity contribution in [3.63, 3.8) is 0 Å². The van der Waals surface area contributed by atoms with Crippen LogP contribution in [0.5, 0.6) is 0 Å². The number of aliphatic hydroxyl groups is 1. The van der Waals surface area contributed by atoms with Gasteiger partial charge < -0.3 is 9.84 Å². The summed E-state index contributed by atoms with van der Waals surface area (Å²) in [5, 5.41) is 8.74. The third-order valence-electron chi connectivity index (χ3n) is 1.08. The Bertz CT molecular complexity index is 219. The van der Waals surface area contributed by atoms with Crippen molar-refractivity contribution in [2.45, 2.75) is 32.8 Å². The number of rotatable bonds is 4. The zero-order chi connectivity index (χ0) is 10.4. The fourth-order valence-electron chi connectivity index (χ4n) is 0.649. The van der Waals surface area contributed by atoms with Crippen LogP contribution in [0.2, 0.25) is 0 Å². The molecule has 0 aromatic rings. The van der Waals surface area contributed by atoms with Crippen LogP contribution in [0.3, 0.4) is 0 Å². The first-order valence-electron chi connectivity index (χ1n) is 3.83. The second-order valence-corrected chi connectivity index (χ2v) is 2.78. The number of ether oxygens (including phenoxy) is 1. The number of Topliss-reactive ketones (excluding diaryl/α,β-unsaturated/α-hetero) is 1. The Hall–Kier alpha value is -1.23. The summed E-state index contributed by atoms with van der Waals surface area (Å²) in [6.45, 7) is 2.62. The van der Waals surface area contributed by atoms with Crippen LogP contribution < -0.4 is 0 Å². The molecule has 5 heteroatoms. The van der Waals surface area contributed by atoms with Gasteiger partial charge in [-0.1, -0.05) is 0 Å². The van der Waals surface area contributed by atoms with Crippen molar-refractivity contribution >= 4 is 17.7 Å². The molecule has 1 N–H and O–H groups in total. The van der Waals surface area contributed by atoms with Crippen LogP contribution >= 0.6 is 0 Å². The molecule has 0 heterocycles. The van der Waals surface area contributed by atoms with Gasteiger partial charge in [-0.05, 0) is 13.8 Å². The summed E-state index contributed by atoms with van der Waals surface area (Å²) in [4.78, 5) is 31.8. The largest absolute Gasteiger partial charge is 0.393 e. The number of hydrogen-bond donors (Lipinski definition) is 1. The van der Waals surface area contributed by atoms with E-state index in [9.17, 15) is 14.4 Å². The Morgan fingerprint density at radius 2 is 1.85 bits per heavy atom. The summed E-state index contributed by atoms with van der Waals surface area (Å²) in [6, 6.07) is 0. The molecule has 1 atom stereocenters. The molecule has 0 rings (SSSR count). The zero-order valence-corrected chi connectivity index (χ0v) is 7.57. The van der Waals surface area contributed by atoms with E-state index in [1.807, 2.05) is 0 Å². The summed E-state index contributed by atoms with van der Waals surface area (Å²) in [6.07, 6.45) is -1.51. The molecule has 0 aliphatic carbocycles. The molecule has 0 saturated heterocycles. The first-order chi connectivity index (χ1) is 5.91. The summed E-state index contributed by atoms with van der Waals surface area (Å²) < 4.78 is 4.21. The van der Waals surface area contributed by atoms with E-state index in [1.165, 1.54) is 13.8 Å². The Morgan fingerprint density at radius 3 is 2.23 bits per heavy atom. The van der Waals surface area contributed by atoms with E-state index in [2.05, 4.69) is 4.74 Å². The first-order valence-corrected chi connectivity index (χ1v) is 3.83. The lowest BCUT2D eigenvalue weighted by molar-refractivity contribution is -0.161. The highest BCUT2D eigenvalue weighted by Crippen LogP contribution is 1.95. The zero-order valence-electron chi connectivity index (χ0n) is 7.57. The Balaban J connectivity index is 3.79. The van der Waals surface area contributed by atoms with Crippen LogP contribution in [0.15, 0.2) is 0 Å². The summed E-state index contributed by atoms with van der Waals surface area (Å²) in [7, 11) is 0. The van der Waals surface area contributed by atoms with Crippen molar-refractivity contribution in [3.05, 3.63) is 0 Å². The lowest BCUT2D eigenvalue weighted by Crippen LogP contribution is -2.18. The van der Waals surface area contributed by atoms with Gasteiger partial charge in [-0.25, -0.2) is 0 Å².